The molecule has 1 heterocycles. The smallest absolute Gasteiger partial charge is 0.266 e. The van der Waals surface area contributed by atoms with Gasteiger partial charge in [-0.2, -0.15) is 0 Å². The number of hydrogen-bond donors (Lipinski definition) is 0. The molecule has 0 radical (unpaired) electrons. The fourth-order valence-corrected chi connectivity index (χ4v) is 4.81. The molecule has 0 aliphatic rings. The minimum absolute atomic E-state index is 0. The number of likely N-dealkylation sites (N-methyl/N-ethyl adjacent to an activating group) is 1. The Kier molecular flexibility index (Phi) is 8.41. The van der Waals surface area contributed by atoms with Crippen LogP contribution >= 0.6 is 23.7 Å². The molecule has 0 aliphatic heterocycles. The molecule has 31 heavy (non-hydrogen) atoms. The first-order chi connectivity index (χ1) is 14.1. The predicted octanol–water partition coefficient (Wildman–Crippen LogP) is 3.40. The summed E-state index contributed by atoms with van der Waals surface area (Å²) in [4.78, 5) is 21.2. The van der Waals surface area contributed by atoms with Gasteiger partial charge in [-0.05, 0) is 50.8 Å². The van der Waals surface area contributed by atoms with Gasteiger partial charge in [0.2, 0.25) is 0 Å². The summed E-state index contributed by atoms with van der Waals surface area (Å²) in [6, 6.07) is 12.5. The van der Waals surface area contributed by atoms with Gasteiger partial charge in [-0.1, -0.05) is 29.5 Å². The van der Waals surface area contributed by atoms with E-state index in [1.807, 2.05) is 50.2 Å². The Morgan fingerprint density at radius 3 is 2.48 bits per heavy atom. The number of nitrogens with zero attached hydrogens (tertiary/aromatic N) is 3. The molecule has 0 saturated heterocycles. The number of anilines is 1. The van der Waals surface area contributed by atoms with Crippen molar-refractivity contribution >= 4 is 54.8 Å². The molecule has 3 aromatic rings. The normalized spacial score (nSPS) is 11.4. The quantitative estimate of drug-likeness (QED) is 0.488. The van der Waals surface area contributed by atoms with Gasteiger partial charge in [0.1, 0.15) is 11.3 Å². The highest BCUT2D eigenvalue weighted by Gasteiger charge is 2.23. The number of fused-ring (bicyclic) bond motifs is 1. The van der Waals surface area contributed by atoms with Crippen molar-refractivity contribution in [1.82, 2.24) is 9.88 Å². The maximum Gasteiger partial charge on any atom is 0.266 e. The lowest BCUT2D eigenvalue weighted by atomic mass is 10.2. The molecule has 0 N–H and O–H groups in total. The number of rotatable bonds is 8. The van der Waals surface area contributed by atoms with E-state index < -0.39 is 9.84 Å². The average molecular weight is 484 g/mol. The molecule has 2 aromatic carbocycles. The minimum atomic E-state index is -3.43. The number of carbonyl (C=O) groups is 1. The number of aryl methyl sites for hydroxylation is 1. The molecule has 0 saturated carbocycles. The van der Waals surface area contributed by atoms with Gasteiger partial charge in [-0.25, -0.2) is 13.4 Å². The van der Waals surface area contributed by atoms with Gasteiger partial charge >= 0.3 is 0 Å². The van der Waals surface area contributed by atoms with Crippen LogP contribution in [0.3, 0.4) is 0 Å². The van der Waals surface area contributed by atoms with Gasteiger partial charge in [0, 0.05) is 19.3 Å². The van der Waals surface area contributed by atoms with E-state index in [1.165, 1.54) is 17.4 Å². The molecule has 3 rings (SSSR count). The van der Waals surface area contributed by atoms with E-state index in [0.717, 1.165) is 16.5 Å². The van der Waals surface area contributed by atoms with E-state index in [0.29, 0.717) is 29.5 Å². The van der Waals surface area contributed by atoms with E-state index >= 15 is 0 Å². The molecule has 7 nitrogen and oxygen atoms in total. The summed E-state index contributed by atoms with van der Waals surface area (Å²) in [5.41, 5.74) is 1.44. The second-order valence-electron chi connectivity index (χ2n) is 7.33. The monoisotopic (exact) mass is 483 g/mol. The van der Waals surface area contributed by atoms with Crippen molar-refractivity contribution in [2.45, 2.75) is 11.8 Å². The predicted molar refractivity (Wildman–Crippen MR) is 128 cm³/mol. The Labute approximate surface area is 193 Å². The molecule has 0 spiro atoms. The SMILES string of the molecule is Cc1cccc(OCC(=O)N(CCN(C)C)c2nc3c(S(C)(=O)=O)cccc3s2)c1.Cl. The largest absolute Gasteiger partial charge is 0.484 e. The van der Waals surface area contributed by atoms with Crippen molar-refractivity contribution < 1.29 is 17.9 Å². The Balaban J connectivity index is 0.00000341. The van der Waals surface area contributed by atoms with Crippen LogP contribution < -0.4 is 9.64 Å². The van der Waals surface area contributed by atoms with E-state index in [1.54, 1.807) is 17.0 Å². The first-order valence-electron chi connectivity index (χ1n) is 9.39. The molecule has 0 aliphatic carbocycles. The molecule has 0 unspecified atom stereocenters. The number of amides is 1. The molecule has 1 amide bonds. The zero-order valence-electron chi connectivity index (χ0n) is 17.9. The maximum absolute atomic E-state index is 13.0. The second-order valence-corrected chi connectivity index (χ2v) is 10.3. The van der Waals surface area contributed by atoms with Crippen molar-refractivity contribution in [3.63, 3.8) is 0 Å². The number of para-hydroxylation sites is 1. The van der Waals surface area contributed by atoms with E-state index in [9.17, 15) is 13.2 Å². The molecule has 0 atom stereocenters. The summed E-state index contributed by atoms with van der Waals surface area (Å²) in [6.07, 6.45) is 1.16. The highest BCUT2D eigenvalue weighted by Crippen LogP contribution is 2.32. The third-order valence-electron chi connectivity index (χ3n) is 4.42. The number of sulfone groups is 1. The van der Waals surface area contributed by atoms with Crippen LogP contribution in [0, 0.1) is 6.92 Å². The Morgan fingerprint density at radius 1 is 1.13 bits per heavy atom. The maximum atomic E-state index is 13.0. The van der Waals surface area contributed by atoms with Crippen molar-refractivity contribution in [3.05, 3.63) is 48.0 Å². The number of aromatic nitrogens is 1. The highest BCUT2D eigenvalue weighted by molar-refractivity contribution is 7.91. The summed E-state index contributed by atoms with van der Waals surface area (Å²) < 4.78 is 30.6. The van der Waals surface area contributed by atoms with Crippen LogP contribution in [-0.2, 0) is 14.6 Å². The van der Waals surface area contributed by atoms with Crippen molar-refractivity contribution in [3.8, 4) is 5.75 Å². The van der Waals surface area contributed by atoms with Gasteiger partial charge in [-0.3, -0.25) is 9.69 Å². The van der Waals surface area contributed by atoms with E-state index in [-0.39, 0.29) is 29.8 Å². The number of halogens is 1. The summed E-state index contributed by atoms with van der Waals surface area (Å²) in [5.74, 6) is 0.387. The molecular formula is C21H26ClN3O4S2. The zero-order chi connectivity index (χ0) is 21.9. The lowest BCUT2D eigenvalue weighted by Gasteiger charge is -2.22. The van der Waals surface area contributed by atoms with Crippen LogP contribution in [-0.4, -0.2) is 64.3 Å². The highest BCUT2D eigenvalue weighted by atomic mass is 35.5. The first kappa shape index (κ1) is 25.1. The van der Waals surface area contributed by atoms with Crippen LogP contribution in [0.2, 0.25) is 0 Å². The summed E-state index contributed by atoms with van der Waals surface area (Å²) in [6.45, 7) is 2.87. The first-order valence-corrected chi connectivity index (χ1v) is 12.1. The molecule has 0 fully saturated rings. The third kappa shape index (κ3) is 6.39. The number of ether oxygens (including phenoxy) is 1. The van der Waals surface area contributed by atoms with Crippen LogP contribution in [0.25, 0.3) is 10.2 Å². The summed E-state index contributed by atoms with van der Waals surface area (Å²) in [5, 5.41) is 0.459. The standard InChI is InChI=1S/C21H25N3O4S2.ClH/c1-15-7-5-8-16(13-15)28-14-19(25)24(12-11-23(2)3)21-22-20-17(29-21)9-6-10-18(20)30(4,26)27;/h5-10,13H,11-12,14H2,1-4H3;1H. The fourth-order valence-electron chi connectivity index (χ4n) is 2.88. The van der Waals surface area contributed by atoms with Gasteiger partial charge in [0.05, 0.1) is 9.60 Å². The number of thiazole rings is 1. The lowest BCUT2D eigenvalue weighted by Crippen LogP contribution is -2.39. The van der Waals surface area contributed by atoms with Crippen molar-refractivity contribution in [2.24, 2.45) is 0 Å². The summed E-state index contributed by atoms with van der Waals surface area (Å²) in [7, 11) is 0.415. The Hall–Kier alpha value is -2.20. The average Bonchev–Trinajstić information content (AvgIpc) is 3.09. The summed E-state index contributed by atoms with van der Waals surface area (Å²) >= 11 is 1.30. The van der Waals surface area contributed by atoms with Gasteiger partial charge in [0.15, 0.2) is 21.6 Å². The minimum Gasteiger partial charge on any atom is -0.484 e. The van der Waals surface area contributed by atoms with Crippen LogP contribution in [0.4, 0.5) is 5.13 Å². The molecule has 168 valence electrons. The molecular weight excluding hydrogens is 458 g/mol. The topological polar surface area (TPSA) is 79.8 Å². The zero-order valence-corrected chi connectivity index (χ0v) is 20.3. The molecule has 0 bridgehead atoms. The van der Waals surface area contributed by atoms with Crippen LogP contribution in [0.15, 0.2) is 47.4 Å². The van der Waals surface area contributed by atoms with Gasteiger partial charge in [0.25, 0.3) is 5.91 Å². The van der Waals surface area contributed by atoms with E-state index in [4.69, 9.17) is 4.74 Å². The number of benzene rings is 2. The van der Waals surface area contributed by atoms with Crippen LogP contribution in [0.5, 0.6) is 5.75 Å². The van der Waals surface area contributed by atoms with Crippen molar-refractivity contribution in [2.75, 3.05) is 44.9 Å². The molecule has 10 heteroatoms. The second kappa shape index (κ2) is 10.4. The Bertz CT molecular complexity index is 1160. The number of hydrogen-bond acceptors (Lipinski definition) is 7. The molecule has 1 aromatic heterocycles. The fraction of sp³-hybridized carbons (Fsp3) is 0.333. The number of carbonyl (C=O) groups excluding carboxylic acids is 1. The van der Waals surface area contributed by atoms with E-state index in [2.05, 4.69) is 4.98 Å². The van der Waals surface area contributed by atoms with Gasteiger partial charge < -0.3 is 9.64 Å². The lowest BCUT2D eigenvalue weighted by molar-refractivity contribution is -0.120. The van der Waals surface area contributed by atoms with Gasteiger partial charge in [-0.15, -0.1) is 12.4 Å². The van der Waals surface area contributed by atoms with Crippen molar-refractivity contribution in [1.29, 1.82) is 0 Å². The van der Waals surface area contributed by atoms with Crippen LogP contribution in [0.1, 0.15) is 5.56 Å². The third-order valence-corrected chi connectivity index (χ3v) is 6.60. The Morgan fingerprint density at radius 2 is 1.84 bits per heavy atom.